The Balaban J connectivity index is 2.10. The second-order valence-electron chi connectivity index (χ2n) is 7.26. The van der Waals surface area contributed by atoms with Crippen molar-refractivity contribution in [2.75, 3.05) is 13.1 Å². The molecule has 1 fully saturated rings. The van der Waals surface area contributed by atoms with E-state index < -0.39 is 0 Å². The lowest BCUT2D eigenvalue weighted by molar-refractivity contribution is -0.130. The molecule has 0 radical (unpaired) electrons. The normalized spacial score (nSPS) is 18.7. The van der Waals surface area contributed by atoms with Gasteiger partial charge in [-0.25, -0.2) is 4.98 Å². The number of nitrogens with one attached hydrogen (secondary N) is 1. The number of hydrogen-bond donors (Lipinski definition) is 1. The van der Waals surface area contributed by atoms with Crippen molar-refractivity contribution in [2.45, 2.75) is 65.2 Å². The maximum absolute atomic E-state index is 12.9. The molecule has 0 aromatic carbocycles. The highest BCUT2D eigenvalue weighted by molar-refractivity contribution is 7.09. The van der Waals surface area contributed by atoms with Crippen LogP contribution in [0.15, 0.2) is 5.38 Å². The number of aromatic nitrogens is 1. The number of rotatable bonds is 5. The van der Waals surface area contributed by atoms with E-state index in [0.717, 1.165) is 49.5 Å². The van der Waals surface area contributed by atoms with Gasteiger partial charge < -0.3 is 5.32 Å². The molecule has 0 saturated carbocycles. The van der Waals surface area contributed by atoms with Crippen LogP contribution in [0.25, 0.3) is 0 Å². The van der Waals surface area contributed by atoms with Crippen LogP contribution in [0.2, 0.25) is 0 Å². The van der Waals surface area contributed by atoms with Crippen LogP contribution in [0.3, 0.4) is 0 Å². The van der Waals surface area contributed by atoms with Gasteiger partial charge in [-0.3, -0.25) is 4.79 Å². The van der Waals surface area contributed by atoms with E-state index >= 15 is 0 Å². The van der Waals surface area contributed by atoms with Gasteiger partial charge in [-0.05, 0) is 32.4 Å². The van der Waals surface area contributed by atoms with Crippen molar-refractivity contribution in [3.05, 3.63) is 16.1 Å². The molecular formula is C17H28N2OS. The van der Waals surface area contributed by atoms with Crippen molar-refractivity contribution < 1.29 is 4.79 Å². The molecule has 1 aromatic heterocycles. The van der Waals surface area contributed by atoms with Gasteiger partial charge in [0.25, 0.3) is 0 Å². The lowest BCUT2D eigenvalue weighted by Crippen LogP contribution is -2.42. The van der Waals surface area contributed by atoms with Gasteiger partial charge in [-0.15, -0.1) is 11.3 Å². The van der Waals surface area contributed by atoms with Crippen molar-refractivity contribution >= 4 is 17.1 Å². The molecule has 4 heteroatoms. The van der Waals surface area contributed by atoms with Crippen LogP contribution in [0.4, 0.5) is 0 Å². The molecule has 0 bridgehead atoms. The van der Waals surface area contributed by atoms with E-state index in [1.807, 2.05) is 0 Å². The van der Waals surface area contributed by atoms with E-state index in [1.54, 1.807) is 11.3 Å². The fourth-order valence-electron chi connectivity index (χ4n) is 3.11. The number of piperidine rings is 1. The Labute approximate surface area is 132 Å². The molecule has 0 spiro atoms. The molecular weight excluding hydrogens is 280 g/mol. The first kappa shape index (κ1) is 16.6. The summed E-state index contributed by atoms with van der Waals surface area (Å²) in [6.45, 7) is 10.6. The lowest BCUT2D eigenvalue weighted by atomic mass is 9.71. The molecule has 0 amide bonds. The molecule has 0 unspecified atom stereocenters. The fraction of sp³-hybridized carbons (Fsp3) is 0.765. The monoisotopic (exact) mass is 308 g/mol. The quantitative estimate of drug-likeness (QED) is 0.901. The predicted molar refractivity (Wildman–Crippen MR) is 89.0 cm³/mol. The minimum atomic E-state index is -0.104. The summed E-state index contributed by atoms with van der Waals surface area (Å²) >= 11 is 1.64. The number of ketones is 1. The van der Waals surface area contributed by atoms with Crippen LogP contribution >= 0.6 is 11.3 Å². The van der Waals surface area contributed by atoms with Crippen LogP contribution in [-0.2, 0) is 16.6 Å². The minimum absolute atomic E-state index is 0.0632. The zero-order valence-corrected chi connectivity index (χ0v) is 14.6. The summed E-state index contributed by atoms with van der Waals surface area (Å²) in [6, 6.07) is 0. The van der Waals surface area contributed by atoms with Gasteiger partial charge >= 0.3 is 0 Å². The summed E-state index contributed by atoms with van der Waals surface area (Å²) in [5.74, 6) is 0.403. The summed E-state index contributed by atoms with van der Waals surface area (Å²) in [7, 11) is 0. The molecule has 1 saturated heterocycles. The number of Topliss-reactive ketones (excluding diaryl/α,β-unsaturated/α-hetero) is 1. The second kappa shape index (κ2) is 6.57. The van der Waals surface area contributed by atoms with Gasteiger partial charge in [0.15, 0.2) is 0 Å². The number of nitrogens with zero attached hydrogens (tertiary/aromatic N) is 1. The standard InChI is InChI=1S/C17H28N2OS/c1-5-6-17(7-9-18-10-8-17)14(20)11-15-19-13(12-21-15)16(2,3)4/h12,18H,5-11H2,1-4H3. The zero-order chi connectivity index (χ0) is 15.5. The first-order valence-corrected chi connectivity index (χ1v) is 8.94. The third-order valence-electron chi connectivity index (χ3n) is 4.51. The van der Waals surface area contributed by atoms with Crippen LogP contribution in [0.1, 0.15) is 64.1 Å². The molecule has 2 heterocycles. The number of carbonyl (C=O) groups excluding carboxylic acids is 1. The smallest absolute Gasteiger partial charge is 0.145 e. The van der Waals surface area contributed by atoms with E-state index in [9.17, 15) is 4.79 Å². The molecule has 2 rings (SSSR count). The van der Waals surface area contributed by atoms with Gasteiger partial charge in [0, 0.05) is 16.2 Å². The Kier molecular flexibility index (Phi) is 5.20. The summed E-state index contributed by atoms with van der Waals surface area (Å²) in [4.78, 5) is 17.6. The fourth-order valence-corrected chi connectivity index (χ4v) is 4.13. The number of thiazole rings is 1. The topological polar surface area (TPSA) is 42.0 Å². The number of carbonyl (C=O) groups is 1. The Hall–Kier alpha value is -0.740. The van der Waals surface area contributed by atoms with Gasteiger partial charge in [0.2, 0.25) is 0 Å². The van der Waals surface area contributed by atoms with Crippen molar-refractivity contribution in [3.8, 4) is 0 Å². The number of hydrogen-bond acceptors (Lipinski definition) is 4. The van der Waals surface area contributed by atoms with Crippen molar-refractivity contribution in [3.63, 3.8) is 0 Å². The first-order valence-electron chi connectivity index (χ1n) is 8.06. The van der Waals surface area contributed by atoms with E-state index in [1.165, 1.54) is 0 Å². The SMILES string of the molecule is CCCC1(C(=O)Cc2nc(C(C)(C)C)cs2)CCNCC1. The zero-order valence-electron chi connectivity index (χ0n) is 13.8. The van der Waals surface area contributed by atoms with Crippen molar-refractivity contribution in [1.29, 1.82) is 0 Å². The molecule has 1 N–H and O–H groups in total. The lowest BCUT2D eigenvalue weighted by Gasteiger charge is -2.36. The van der Waals surface area contributed by atoms with E-state index in [2.05, 4.69) is 43.4 Å². The molecule has 3 nitrogen and oxygen atoms in total. The Morgan fingerprint density at radius 3 is 2.57 bits per heavy atom. The van der Waals surface area contributed by atoms with Gasteiger partial charge in [-0.2, -0.15) is 0 Å². The van der Waals surface area contributed by atoms with Crippen LogP contribution in [-0.4, -0.2) is 23.9 Å². The van der Waals surface area contributed by atoms with Crippen LogP contribution < -0.4 is 5.32 Å². The molecule has 21 heavy (non-hydrogen) atoms. The van der Waals surface area contributed by atoms with Crippen molar-refractivity contribution in [1.82, 2.24) is 10.3 Å². The average molecular weight is 308 g/mol. The second-order valence-corrected chi connectivity index (χ2v) is 8.20. The maximum Gasteiger partial charge on any atom is 0.145 e. The average Bonchev–Trinajstić information content (AvgIpc) is 2.88. The molecule has 1 aromatic rings. The molecule has 1 aliphatic heterocycles. The highest BCUT2D eigenvalue weighted by Crippen LogP contribution is 2.36. The molecule has 1 aliphatic rings. The van der Waals surface area contributed by atoms with Crippen molar-refractivity contribution in [2.24, 2.45) is 5.41 Å². The molecule has 0 aliphatic carbocycles. The van der Waals surface area contributed by atoms with Gasteiger partial charge in [0.1, 0.15) is 10.8 Å². The predicted octanol–water partition coefficient (Wildman–Crippen LogP) is 3.72. The molecule has 118 valence electrons. The summed E-state index contributed by atoms with van der Waals surface area (Å²) in [5, 5.41) is 6.47. The minimum Gasteiger partial charge on any atom is -0.317 e. The third kappa shape index (κ3) is 3.92. The van der Waals surface area contributed by atoms with E-state index in [0.29, 0.717) is 12.2 Å². The van der Waals surface area contributed by atoms with E-state index in [-0.39, 0.29) is 10.8 Å². The Bertz CT molecular complexity index is 476. The maximum atomic E-state index is 12.9. The van der Waals surface area contributed by atoms with Gasteiger partial charge in [0.05, 0.1) is 12.1 Å². The Morgan fingerprint density at radius 2 is 2.05 bits per heavy atom. The summed E-state index contributed by atoms with van der Waals surface area (Å²) < 4.78 is 0. The highest BCUT2D eigenvalue weighted by Gasteiger charge is 2.38. The molecule has 0 atom stereocenters. The third-order valence-corrected chi connectivity index (χ3v) is 5.36. The summed E-state index contributed by atoms with van der Waals surface area (Å²) in [6.07, 6.45) is 4.58. The van der Waals surface area contributed by atoms with Crippen LogP contribution in [0, 0.1) is 5.41 Å². The summed E-state index contributed by atoms with van der Waals surface area (Å²) in [5.41, 5.74) is 1.06. The van der Waals surface area contributed by atoms with Crippen LogP contribution in [0.5, 0.6) is 0 Å². The largest absolute Gasteiger partial charge is 0.317 e. The highest BCUT2D eigenvalue weighted by atomic mass is 32.1. The first-order chi connectivity index (χ1) is 9.87. The van der Waals surface area contributed by atoms with E-state index in [4.69, 9.17) is 0 Å². The van der Waals surface area contributed by atoms with Gasteiger partial charge in [-0.1, -0.05) is 34.1 Å². The Morgan fingerprint density at radius 1 is 1.38 bits per heavy atom.